The van der Waals surface area contributed by atoms with Crippen LogP contribution in [0, 0.1) is 0 Å². The molecule has 0 radical (unpaired) electrons. The number of aromatic nitrogens is 3. The highest BCUT2D eigenvalue weighted by atomic mass is 35.5. The van der Waals surface area contributed by atoms with Crippen molar-refractivity contribution in [3.05, 3.63) is 23.6 Å². The lowest BCUT2D eigenvalue weighted by Gasteiger charge is -2.19. The maximum atomic E-state index is 11.6. The van der Waals surface area contributed by atoms with Gasteiger partial charge in [0.05, 0.1) is 5.69 Å². The Morgan fingerprint density at radius 1 is 1.44 bits per heavy atom. The third-order valence-electron chi connectivity index (χ3n) is 1.98. The van der Waals surface area contributed by atoms with Gasteiger partial charge < -0.3 is 4.74 Å². The van der Waals surface area contributed by atoms with Gasteiger partial charge in [0.25, 0.3) is 0 Å². The van der Waals surface area contributed by atoms with E-state index in [1.54, 1.807) is 32.9 Å². The summed E-state index contributed by atoms with van der Waals surface area (Å²) in [6.07, 6.45) is 0.848. The Labute approximate surface area is 109 Å². The molecule has 0 unspecified atom stereocenters. The number of hydrogen-bond acceptors (Lipinski definition) is 4. The lowest BCUT2D eigenvalue weighted by molar-refractivity contribution is 0.0636. The van der Waals surface area contributed by atoms with Crippen LogP contribution in [-0.2, 0) is 4.74 Å². The van der Waals surface area contributed by atoms with Crippen molar-refractivity contribution in [2.75, 3.05) is 5.32 Å². The molecule has 0 saturated heterocycles. The molecule has 7 heteroatoms. The zero-order valence-corrected chi connectivity index (χ0v) is 11.0. The number of amides is 1. The van der Waals surface area contributed by atoms with Crippen LogP contribution in [0.2, 0.25) is 5.15 Å². The second kappa shape index (κ2) is 4.45. The molecule has 6 nitrogen and oxygen atoms in total. The molecule has 2 rings (SSSR count). The molecule has 0 fully saturated rings. The number of carbonyl (C=O) groups is 1. The summed E-state index contributed by atoms with van der Waals surface area (Å²) in [6.45, 7) is 5.38. The van der Waals surface area contributed by atoms with E-state index in [-0.39, 0.29) is 0 Å². The van der Waals surface area contributed by atoms with E-state index in [1.807, 2.05) is 0 Å². The molecule has 18 heavy (non-hydrogen) atoms. The molecule has 0 spiro atoms. The summed E-state index contributed by atoms with van der Waals surface area (Å²) in [7, 11) is 0. The first kappa shape index (κ1) is 12.6. The summed E-state index contributed by atoms with van der Waals surface area (Å²) in [5, 5.41) is 6.88. The first-order valence-corrected chi connectivity index (χ1v) is 5.72. The molecule has 1 amide bonds. The Morgan fingerprint density at radius 2 is 2.17 bits per heavy atom. The zero-order valence-electron chi connectivity index (χ0n) is 10.3. The Hall–Kier alpha value is -1.82. The van der Waals surface area contributed by atoms with Crippen LogP contribution < -0.4 is 5.32 Å². The van der Waals surface area contributed by atoms with E-state index < -0.39 is 11.7 Å². The quantitative estimate of drug-likeness (QED) is 0.808. The second-order valence-corrected chi connectivity index (χ2v) is 5.11. The summed E-state index contributed by atoms with van der Waals surface area (Å²) < 4.78 is 6.60. The number of nitrogens with one attached hydrogen (secondary N) is 1. The van der Waals surface area contributed by atoms with E-state index >= 15 is 0 Å². The zero-order chi connectivity index (χ0) is 13.3. The molecule has 2 aromatic heterocycles. The SMILES string of the molecule is CC(C)(C)OC(=O)Nc1cc(Cl)n2ncnc2c1. The lowest BCUT2D eigenvalue weighted by Crippen LogP contribution is -2.27. The van der Waals surface area contributed by atoms with Crippen molar-refractivity contribution in [1.29, 1.82) is 0 Å². The Bertz CT molecular complexity index is 588. The summed E-state index contributed by atoms with van der Waals surface area (Å²) in [5.41, 5.74) is 0.510. The standard InChI is InChI=1S/C11H13ClN4O2/c1-11(2,3)18-10(17)15-7-4-8(12)16-9(5-7)13-6-14-16/h4-6H,1-3H3,(H,15,17). The Kier molecular flexibility index (Phi) is 3.13. The van der Waals surface area contributed by atoms with Crippen molar-refractivity contribution in [3.63, 3.8) is 0 Å². The highest BCUT2D eigenvalue weighted by molar-refractivity contribution is 6.30. The highest BCUT2D eigenvalue weighted by Gasteiger charge is 2.16. The number of anilines is 1. The van der Waals surface area contributed by atoms with E-state index in [0.29, 0.717) is 16.5 Å². The number of hydrogen-bond donors (Lipinski definition) is 1. The molecule has 0 aliphatic rings. The van der Waals surface area contributed by atoms with Gasteiger partial charge in [-0.1, -0.05) is 11.6 Å². The van der Waals surface area contributed by atoms with Gasteiger partial charge in [-0.15, -0.1) is 0 Å². The predicted octanol–water partition coefficient (Wildman–Crippen LogP) is 2.73. The van der Waals surface area contributed by atoms with Crippen molar-refractivity contribution < 1.29 is 9.53 Å². The fourth-order valence-corrected chi connectivity index (χ4v) is 1.63. The molecule has 0 aliphatic heterocycles. The topological polar surface area (TPSA) is 68.5 Å². The Morgan fingerprint density at radius 3 is 2.83 bits per heavy atom. The van der Waals surface area contributed by atoms with Gasteiger partial charge in [0.2, 0.25) is 0 Å². The summed E-state index contributed by atoms with van der Waals surface area (Å²) in [5.74, 6) is 0. The van der Waals surface area contributed by atoms with Gasteiger partial charge in [-0.05, 0) is 26.8 Å². The Balaban J connectivity index is 2.19. The molecular weight excluding hydrogens is 256 g/mol. The fraction of sp³-hybridized carbons (Fsp3) is 0.364. The van der Waals surface area contributed by atoms with Crippen molar-refractivity contribution in [3.8, 4) is 0 Å². The summed E-state index contributed by atoms with van der Waals surface area (Å²) in [4.78, 5) is 15.6. The predicted molar refractivity (Wildman–Crippen MR) is 67.9 cm³/mol. The molecular formula is C11H13ClN4O2. The van der Waals surface area contributed by atoms with Crippen LogP contribution in [0.4, 0.5) is 10.5 Å². The van der Waals surface area contributed by atoms with Gasteiger partial charge in [0.15, 0.2) is 5.65 Å². The number of pyridine rings is 1. The fourth-order valence-electron chi connectivity index (χ4n) is 1.38. The van der Waals surface area contributed by atoms with Crippen molar-refractivity contribution in [1.82, 2.24) is 14.6 Å². The van der Waals surface area contributed by atoms with Crippen LogP contribution in [-0.4, -0.2) is 26.3 Å². The van der Waals surface area contributed by atoms with E-state index in [9.17, 15) is 4.79 Å². The van der Waals surface area contributed by atoms with Gasteiger partial charge >= 0.3 is 6.09 Å². The molecule has 0 saturated carbocycles. The van der Waals surface area contributed by atoms with E-state index in [1.165, 1.54) is 10.8 Å². The number of fused-ring (bicyclic) bond motifs is 1. The first-order chi connectivity index (χ1) is 8.35. The van der Waals surface area contributed by atoms with Crippen molar-refractivity contribution in [2.45, 2.75) is 26.4 Å². The van der Waals surface area contributed by atoms with E-state index in [2.05, 4.69) is 15.4 Å². The van der Waals surface area contributed by atoms with Crippen LogP contribution in [0.1, 0.15) is 20.8 Å². The van der Waals surface area contributed by atoms with Gasteiger partial charge in [-0.25, -0.2) is 14.3 Å². The van der Waals surface area contributed by atoms with Crippen molar-refractivity contribution >= 4 is 29.0 Å². The minimum Gasteiger partial charge on any atom is -0.444 e. The molecule has 2 aromatic rings. The molecule has 2 heterocycles. The maximum absolute atomic E-state index is 11.6. The molecule has 1 N–H and O–H groups in total. The average Bonchev–Trinajstić information content (AvgIpc) is 2.62. The van der Waals surface area contributed by atoms with Crippen LogP contribution in [0.3, 0.4) is 0 Å². The minimum absolute atomic E-state index is 0.357. The van der Waals surface area contributed by atoms with Gasteiger partial charge in [0, 0.05) is 6.07 Å². The normalized spacial score (nSPS) is 11.6. The molecule has 0 aromatic carbocycles. The largest absolute Gasteiger partial charge is 0.444 e. The van der Waals surface area contributed by atoms with Gasteiger partial charge in [-0.3, -0.25) is 5.32 Å². The minimum atomic E-state index is -0.549. The monoisotopic (exact) mass is 268 g/mol. The number of carbonyl (C=O) groups excluding carboxylic acids is 1. The third-order valence-corrected chi connectivity index (χ3v) is 2.25. The highest BCUT2D eigenvalue weighted by Crippen LogP contribution is 2.19. The van der Waals surface area contributed by atoms with Gasteiger partial charge in [0.1, 0.15) is 17.1 Å². The summed E-state index contributed by atoms with van der Waals surface area (Å²) >= 11 is 5.99. The van der Waals surface area contributed by atoms with Crippen LogP contribution in [0.15, 0.2) is 18.5 Å². The number of halogens is 1. The van der Waals surface area contributed by atoms with Crippen LogP contribution in [0.25, 0.3) is 5.65 Å². The van der Waals surface area contributed by atoms with Crippen LogP contribution in [0.5, 0.6) is 0 Å². The number of rotatable bonds is 1. The average molecular weight is 269 g/mol. The maximum Gasteiger partial charge on any atom is 0.412 e. The number of nitrogens with zero attached hydrogens (tertiary/aromatic N) is 3. The lowest BCUT2D eigenvalue weighted by atomic mass is 10.2. The van der Waals surface area contributed by atoms with E-state index in [4.69, 9.17) is 16.3 Å². The molecule has 0 bridgehead atoms. The van der Waals surface area contributed by atoms with E-state index in [0.717, 1.165) is 0 Å². The molecule has 96 valence electrons. The summed E-state index contributed by atoms with van der Waals surface area (Å²) in [6, 6.07) is 3.23. The third kappa shape index (κ3) is 2.89. The van der Waals surface area contributed by atoms with Gasteiger partial charge in [-0.2, -0.15) is 5.10 Å². The first-order valence-electron chi connectivity index (χ1n) is 5.34. The van der Waals surface area contributed by atoms with Crippen molar-refractivity contribution in [2.24, 2.45) is 0 Å². The van der Waals surface area contributed by atoms with Crippen LogP contribution >= 0.6 is 11.6 Å². The molecule has 0 aliphatic carbocycles. The number of ether oxygens (including phenoxy) is 1. The second-order valence-electron chi connectivity index (χ2n) is 4.72. The smallest absolute Gasteiger partial charge is 0.412 e. The molecule has 0 atom stereocenters.